The molecule has 1 N–H and O–H groups in total. The van der Waals surface area contributed by atoms with E-state index in [1.54, 1.807) is 4.90 Å². The van der Waals surface area contributed by atoms with Gasteiger partial charge in [-0.15, -0.1) is 0 Å². The summed E-state index contributed by atoms with van der Waals surface area (Å²) in [5.41, 5.74) is 0. The van der Waals surface area contributed by atoms with E-state index < -0.39 is 6.09 Å². The minimum absolute atomic E-state index is 0.293. The SMILES string of the molecule is CC(C)N1CCC(C2CCCN2C(=O)O)CC1. The van der Waals surface area contributed by atoms with Gasteiger partial charge < -0.3 is 14.9 Å². The van der Waals surface area contributed by atoms with E-state index in [0.717, 1.165) is 45.3 Å². The number of hydrogen-bond donors (Lipinski definition) is 1. The van der Waals surface area contributed by atoms with Gasteiger partial charge in [0.15, 0.2) is 0 Å². The Kier molecular flexibility index (Phi) is 3.92. The van der Waals surface area contributed by atoms with Crippen LogP contribution in [-0.2, 0) is 0 Å². The summed E-state index contributed by atoms with van der Waals surface area (Å²) < 4.78 is 0. The molecule has 2 fully saturated rings. The maximum atomic E-state index is 11.1. The second-order valence-electron chi connectivity index (χ2n) is 5.65. The van der Waals surface area contributed by atoms with Crippen LogP contribution in [0.25, 0.3) is 0 Å². The molecular weight excluding hydrogens is 216 g/mol. The van der Waals surface area contributed by atoms with E-state index in [1.807, 2.05) is 0 Å². The summed E-state index contributed by atoms with van der Waals surface area (Å²) in [6, 6.07) is 0.914. The second kappa shape index (κ2) is 5.25. The van der Waals surface area contributed by atoms with Crippen molar-refractivity contribution in [2.24, 2.45) is 5.92 Å². The van der Waals surface area contributed by atoms with Crippen molar-refractivity contribution in [2.75, 3.05) is 19.6 Å². The molecule has 2 aliphatic rings. The number of carboxylic acid groups (broad SMARTS) is 1. The Bertz CT molecular complexity index is 273. The zero-order valence-corrected chi connectivity index (χ0v) is 10.9. The topological polar surface area (TPSA) is 43.8 Å². The normalized spacial score (nSPS) is 27.9. The van der Waals surface area contributed by atoms with Gasteiger partial charge in [-0.2, -0.15) is 0 Å². The first kappa shape index (κ1) is 12.7. The van der Waals surface area contributed by atoms with Gasteiger partial charge in [-0.05, 0) is 58.5 Å². The summed E-state index contributed by atoms with van der Waals surface area (Å²) >= 11 is 0. The number of amides is 1. The van der Waals surface area contributed by atoms with E-state index in [4.69, 9.17) is 0 Å². The molecule has 0 saturated carbocycles. The fraction of sp³-hybridized carbons (Fsp3) is 0.923. The first-order valence-corrected chi connectivity index (χ1v) is 6.83. The van der Waals surface area contributed by atoms with E-state index in [9.17, 15) is 9.90 Å². The maximum absolute atomic E-state index is 11.1. The summed E-state index contributed by atoms with van der Waals surface area (Å²) in [7, 11) is 0. The lowest BCUT2D eigenvalue weighted by Gasteiger charge is -2.38. The van der Waals surface area contributed by atoms with Gasteiger partial charge in [0.05, 0.1) is 0 Å². The molecular formula is C13H24N2O2. The molecule has 2 saturated heterocycles. The number of piperidine rings is 1. The molecule has 1 amide bonds. The third-order valence-electron chi connectivity index (χ3n) is 4.39. The van der Waals surface area contributed by atoms with Crippen LogP contribution in [-0.4, -0.2) is 52.7 Å². The minimum atomic E-state index is -0.723. The Hall–Kier alpha value is -0.770. The van der Waals surface area contributed by atoms with Crippen LogP contribution in [0.1, 0.15) is 39.5 Å². The molecule has 2 heterocycles. The van der Waals surface area contributed by atoms with E-state index in [2.05, 4.69) is 18.7 Å². The van der Waals surface area contributed by atoms with Crippen molar-refractivity contribution in [3.8, 4) is 0 Å². The van der Waals surface area contributed by atoms with Crippen LogP contribution in [0.2, 0.25) is 0 Å². The Morgan fingerprint density at radius 3 is 2.35 bits per heavy atom. The monoisotopic (exact) mass is 240 g/mol. The average molecular weight is 240 g/mol. The van der Waals surface area contributed by atoms with Crippen molar-refractivity contribution < 1.29 is 9.90 Å². The highest BCUT2D eigenvalue weighted by Crippen LogP contribution is 2.31. The molecule has 0 aliphatic carbocycles. The lowest BCUT2D eigenvalue weighted by molar-refractivity contribution is 0.0871. The van der Waals surface area contributed by atoms with Crippen LogP contribution in [0.3, 0.4) is 0 Å². The molecule has 0 aromatic heterocycles. The van der Waals surface area contributed by atoms with Crippen LogP contribution in [0, 0.1) is 5.92 Å². The van der Waals surface area contributed by atoms with E-state index in [-0.39, 0.29) is 0 Å². The van der Waals surface area contributed by atoms with Gasteiger partial charge in [-0.1, -0.05) is 0 Å². The summed E-state index contributed by atoms with van der Waals surface area (Å²) in [6.07, 6.45) is 3.71. The number of carbonyl (C=O) groups is 1. The first-order valence-electron chi connectivity index (χ1n) is 6.83. The van der Waals surface area contributed by atoms with Gasteiger partial charge in [0, 0.05) is 18.6 Å². The lowest BCUT2D eigenvalue weighted by Crippen LogP contribution is -2.46. The molecule has 0 aromatic rings. The molecule has 17 heavy (non-hydrogen) atoms. The summed E-state index contributed by atoms with van der Waals surface area (Å²) in [4.78, 5) is 15.3. The third-order valence-corrected chi connectivity index (χ3v) is 4.39. The van der Waals surface area contributed by atoms with Crippen molar-refractivity contribution in [1.82, 2.24) is 9.80 Å². The molecule has 0 aromatic carbocycles. The molecule has 1 atom stereocenters. The average Bonchev–Trinajstić information content (AvgIpc) is 2.78. The molecule has 98 valence electrons. The van der Waals surface area contributed by atoms with E-state index >= 15 is 0 Å². The van der Waals surface area contributed by atoms with Gasteiger partial charge in [0.25, 0.3) is 0 Å². The Morgan fingerprint density at radius 2 is 1.82 bits per heavy atom. The predicted octanol–water partition coefficient (Wildman–Crippen LogP) is 2.25. The van der Waals surface area contributed by atoms with Crippen molar-refractivity contribution >= 4 is 6.09 Å². The van der Waals surface area contributed by atoms with Crippen LogP contribution < -0.4 is 0 Å². The number of nitrogens with zero attached hydrogens (tertiary/aromatic N) is 2. The molecule has 2 rings (SSSR count). The highest BCUT2D eigenvalue weighted by atomic mass is 16.4. The van der Waals surface area contributed by atoms with Gasteiger partial charge in [0.2, 0.25) is 0 Å². The molecule has 0 bridgehead atoms. The van der Waals surface area contributed by atoms with E-state index in [0.29, 0.717) is 18.0 Å². The third kappa shape index (κ3) is 2.73. The van der Waals surface area contributed by atoms with Gasteiger partial charge in [0.1, 0.15) is 0 Å². The first-order chi connectivity index (χ1) is 8.09. The van der Waals surface area contributed by atoms with Gasteiger partial charge in [-0.3, -0.25) is 0 Å². The number of hydrogen-bond acceptors (Lipinski definition) is 2. The zero-order valence-electron chi connectivity index (χ0n) is 10.9. The van der Waals surface area contributed by atoms with Crippen molar-refractivity contribution in [2.45, 2.75) is 51.6 Å². The van der Waals surface area contributed by atoms with Crippen LogP contribution in [0.5, 0.6) is 0 Å². The largest absolute Gasteiger partial charge is 0.465 e. The lowest BCUT2D eigenvalue weighted by atomic mass is 9.87. The fourth-order valence-electron chi connectivity index (χ4n) is 3.34. The molecule has 0 spiro atoms. The predicted molar refractivity (Wildman–Crippen MR) is 67.2 cm³/mol. The fourth-order valence-corrected chi connectivity index (χ4v) is 3.34. The highest BCUT2D eigenvalue weighted by Gasteiger charge is 2.36. The molecule has 2 aliphatic heterocycles. The van der Waals surface area contributed by atoms with Gasteiger partial charge >= 0.3 is 6.09 Å². The van der Waals surface area contributed by atoms with Gasteiger partial charge in [-0.25, -0.2) is 4.79 Å². The van der Waals surface area contributed by atoms with Crippen molar-refractivity contribution in [1.29, 1.82) is 0 Å². The maximum Gasteiger partial charge on any atom is 0.407 e. The number of rotatable bonds is 2. The highest BCUT2D eigenvalue weighted by molar-refractivity contribution is 5.65. The summed E-state index contributed by atoms with van der Waals surface area (Å²) in [5.74, 6) is 0.587. The molecule has 0 radical (unpaired) electrons. The minimum Gasteiger partial charge on any atom is -0.465 e. The van der Waals surface area contributed by atoms with E-state index in [1.165, 1.54) is 0 Å². The second-order valence-corrected chi connectivity index (χ2v) is 5.65. The van der Waals surface area contributed by atoms with Crippen LogP contribution in [0.4, 0.5) is 4.79 Å². The van der Waals surface area contributed by atoms with Crippen molar-refractivity contribution in [3.63, 3.8) is 0 Å². The Labute approximate surface area is 104 Å². The van der Waals surface area contributed by atoms with Crippen LogP contribution >= 0.6 is 0 Å². The van der Waals surface area contributed by atoms with Crippen molar-refractivity contribution in [3.05, 3.63) is 0 Å². The summed E-state index contributed by atoms with van der Waals surface area (Å²) in [5, 5.41) is 9.17. The Balaban J connectivity index is 1.90. The standard InChI is InChI=1S/C13H24N2O2/c1-10(2)14-8-5-11(6-9-14)12-4-3-7-15(12)13(16)17/h10-12H,3-9H2,1-2H3,(H,16,17). The smallest absolute Gasteiger partial charge is 0.407 e. The summed E-state index contributed by atoms with van der Waals surface area (Å²) in [6.45, 7) is 7.47. The van der Waals surface area contributed by atoms with Crippen LogP contribution in [0.15, 0.2) is 0 Å². The zero-order chi connectivity index (χ0) is 12.4. The molecule has 4 heteroatoms. The molecule has 4 nitrogen and oxygen atoms in total. The Morgan fingerprint density at radius 1 is 1.18 bits per heavy atom. The molecule has 1 unspecified atom stereocenters. The number of likely N-dealkylation sites (tertiary alicyclic amines) is 2. The quantitative estimate of drug-likeness (QED) is 0.805.